The minimum absolute atomic E-state index is 0.0256. The third-order valence-corrected chi connectivity index (χ3v) is 4.37. The molecule has 1 saturated heterocycles. The molecule has 4 nitrogen and oxygen atoms in total. The van der Waals surface area contributed by atoms with Crippen LogP contribution in [0.4, 0.5) is 11.4 Å². The van der Waals surface area contributed by atoms with Gasteiger partial charge >= 0.3 is 0 Å². The highest BCUT2D eigenvalue weighted by molar-refractivity contribution is 6.06. The zero-order valence-corrected chi connectivity index (χ0v) is 14.2. The second kappa shape index (κ2) is 6.87. The summed E-state index contributed by atoms with van der Waals surface area (Å²) in [4.78, 5) is 28.2. The van der Waals surface area contributed by atoms with Crippen LogP contribution >= 0.6 is 0 Å². The van der Waals surface area contributed by atoms with E-state index >= 15 is 0 Å². The Bertz CT molecular complexity index is 752. The number of rotatable bonds is 4. The molecule has 0 atom stereocenters. The first kappa shape index (κ1) is 16.2. The summed E-state index contributed by atoms with van der Waals surface area (Å²) in [5, 5.41) is 0. The molecule has 0 radical (unpaired) electrons. The van der Waals surface area contributed by atoms with Gasteiger partial charge in [0.1, 0.15) is 0 Å². The smallest absolute Gasteiger partial charge is 0.258 e. The third kappa shape index (κ3) is 3.18. The van der Waals surface area contributed by atoms with Gasteiger partial charge in [0.25, 0.3) is 5.91 Å². The minimum atomic E-state index is -0.0256. The molecule has 3 rings (SSSR count). The van der Waals surface area contributed by atoms with Crippen molar-refractivity contribution in [2.75, 3.05) is 22.9 Å². The average molecular weight is 322 g/mol. The van der Waals surface area contributed by atoms with Gasteiger partial charge in [0.2, 0.25) is 5.91 Å². The van der Waals surface area contributed by atoms with Crippen molar-refractivity contribution in [2.24, 2.45) is 0 Å². The molecule has 1 aliphatic rings. The van der Waals surface area contributed by atoms with Crippen LogP contribution < -0.4 is 9.80 Å². The molecular formula is C20H22N2O2. The lowest BCUT2D eigenvalue weighted by Gasteiger charge is -2.22. The van der Waals surface area contributed by atoms with Crippen LogP contribution in [0.15, 0.2) is 48.5 Å². The summed E-state index contributed by atoms with van der Waals surface area (Å²) in [5.74, 6) is 0.131. The van der Waals surface area contributed by atoms with Gasteiger partial charge < -0.3 is 9.80 Å². The van der Waals surface area contributed by atoms with Crippen LogP contribution in [0.5, 0.6) is 0 Å². The predicted octanol–water partition coefficient (Wildman–Crippen LogP) is 3.79. The van der Waals surface area contributed by atoms with E-state index in [-0.39, 0.29) is 11.8 Å². The number of benzene rings is 2. The zero-order chi connectivity index (χ0) is 17.1. The monoisotopic (exact) mass is 322 g/mol. The van der Waals surface area contributed by atoms with Crippen LogP contribution in [-0.2, 0) is 4.79 Å². The maximum absolute atomic E-state index is 12.8. The Morgan fingerprint density at radius 3 is 2.50 bits per heavy atom. The number of nitrogens with zero attached hydrogens (tertiary/aromatic N) is 2. The van der Waals surface area contributed by atoms with Gasteiger partial charge in [-0.1, -0.05) is 12.1 Å². The molecule has 2 amide bonds. The molecule has 0 unspecified atom stereocenters. The highest BCUT2D eigenvalue weighted by atomic mass is 16.2. The van der Waals surface area contributed by atoms with Crippen molar-refractivity contribution >= 4 is 23.2 Å². The summed E-state index contributed by atoms with van der Waals surface area (Å²) < 4.78 is 0. The molecule has 1 fully saturated rings. The molecule has 0 bridgehead atoms. The topological polar surface area (TPSA) is 40.6 Å². The molecule has 2 aromatic carbocycles. The summed E-state index contributed by atoms with van der Waals surface area (Å²) in [6.07, 6.45) is 1.51. The predicted molar refractivity (Wildman–Crippen MR) is 96.6 cm³/mol. The van der Waals surface area contributed by atoms with Crippen molar-refractivity contribution in [1.82, 2.24) is 0 Å². The second-order valence-electron chi connectivity index (χ2n) is 6.08. The third-order valence-electron chi connectivity index (χ3n) is 4.37. The Kier molecular flexibility index (Phi) is 4.65. The van der Waals surface area contributed by atoms with Gasteiger partial charge in [-0.25, -0.2) is 0 Å². The quantitative estimate of drug-likeness (QED) is 0.859. The Labute approximate surface area is 142 Å². The number of hydrogen-bond acceptors (Lipinski definition) is 2. The largest absolute Gasteiger partial charge is 0.312 e. The molecule has 0 saturated carbocycles. The van der Waals surface area contributed by atoms with Crippen LogP contribution in [-0.4, -0.2) is 24.9 Å². The molecule has 124 valence electrons. The van der Waals surface area contributed by atoms with E-state index in [0.717, 1.165) is 29.9 Å². The maximum atomic E-state index is 12.8. The van der Waals surface area contributed by atoms with E-state index in [0.29, 0.717) is 18.5 Å². The van der Waals surface area contributed by atoms with Gasteiger partial charge in [-0.15, -0.1) is 0 Å². The normalized spacial score (nSPS) is 14.1. The van der Waals surface area contributed by atoms with E-state index in [2.05, 4.69) is 0 Å². The lowest BCUT2D eigenvalue weighted by atomic mass is 10.1. The Morgan fingerprint density at radius 1 is 1.17 bits per heavy atom. The van der Waals surface area contributed by atoms with Crippen molar-refractivity contribution in [3.63, 3.8) is 0 Å². The Hall–Kier alpha value is -2.62. The van der Waals surface area contributed by atoms with Crippen molar-refractivity contribution in [1.29, 1.82) is 0 Å². The van der Waals surface area contributed by atoms with E-state index < -0.39 is 0 Å². The fourth-order valence-electron chi connectivity index (χ4n) is 3.10. The van der Waals surface area contributed by atoms with Gasteiger partial charge in [0, 0.05) is 36.4 Å². The molecule has 1 aliphatic heterocycles. The van der Waals surface area contributed by atoms with Crippen LogP contribution in [0.25, 0.3) is 0 Å². The molecule has 0 aromatic heterocycles. The fourth-order valence-corrected chi connectivity index (χ4v) is 3.10. The molecule has 0 N–H and O–H groups in total. The van der Waals surface area contributed by atoms with E-state index in [9.17, 15) is 9.59 Å². The van der Waals surface area contributed by atoms with Crippen LogP contribution in [0.2, 0.25) is 0 Å². The lowest BCUT2D eigenvalue weighted by Crippen LogP contribution is -2.30. The summed E-state index contributed by atoms with van der Waals surface area (Å²) in [7, 11) is 0. The molecule has 0 spiro atoms. The molecule has 1 heterocycles. The Balaban J connectivity index is 1.82. The van der Waals surface area contributed by atoms with Crippen LogP contribution in [0.3, 0.4) is 0 Å². The van der Waals surface area contributed by atoms with Crippen molar-refractivity contribution in [3.8, 4) is 0 Å². The number of aryl methyl sites for hydroxylation is 1. The lowest BCUT2D eigenvalue weighted by molar-refractivity contribution is -0.117. The van der Waals surface area contributed by atoms with E-state index in [1.165, 1.54) is 0 Å². The summed E-state index contributed by atoms with van der Waals surface area (Å²) in [6, 6.07) is 15.3. The van der Waals surface area contributed by atoms with Gasteiger partial charge in [0.05, 0.1) is 0 Å². The van der Waals surface area contributed by atoms with E-state index in [4.69, 9.17) is 0 Å². The molecular weight excluding hydrogens is 300 g/mol. The Morgan fingerprint density at radius 2 is 1.92 bits per heavy atom. The standard InChI is InChI=1S/C20H22N2O2/c1-3-21(18-7-4-6-15(2)14-18)20(24)16-9-11-17(12-10-16)22-13-5-8-19(22)23/h4,6-7,9-12,14H,3,5,8,13H2,1-2H3. The van der Waals surface area contributed by atoms with E-state index in [1.54, 1.807) is 9.80 Å². The zero-order valence-electron chi connectivity index (χ0n) is 14.2. The molecule has 0 aliphatic carbocycles. The number of carbonyl (C=O) groups excluding carboxylic acids is 2. The van der Waals surface area contributed by atoms with Crippen LogP contribution in [0, 0.1) is 6.92 Å². The highest BCUT2D eigenvalue weighted by Gasteiger charge is 2.22. The first-order valence-electron chi connectivity index (χ1n) is 8.39. The van der Waals surface area contributed by atoms with Gasteiger partial charge in [-0.2, -0.15) is 0 Å². The highest BCUT2D eigenvalue weighted by Crippen LogP contribution is 2.23. The SMILES string of the molecule is CCN(C(=O)c1ccc(N2CCCC2=O)cc1)c1cccc(C)c1. The summed E-state index contributed by atoms with van der Waals surface area (Å²) in [5.41, 5.74) is 3.53. The molecule has 2 aromatic rings. The van der Waals surface area contributed by atoms with Crippen molar-refractivity contribution in [3.05, 3.63) is 59.7 Å². The van der Waals surface area contributed by atoms with Gasteiger partial charge in [0.15, 0.2) is 0 Å². The molecule has 4 heteroatoms. The average Bonchev–Trinajstić information content (AvgIpc) is 3.02. The maximum Gasteiger partial charge on any atom is 0.258 e. The van der Waals surface area contributed by atoms with Crippen molar-refractivity contribution in [2.45, 2.75) is 26.7 Å². The summed E-state index contributed by atoms with van der Waals surface area (Å²) >= 11 is 0. The minimum Gasteiger partial charge on any atom is -0.312 e. The summed E-state index contributed by atoms with van der Waals surface area (Å²) in [6.45, 7) is 5.35. The van der Waals surface area contributed by atoms with Crippen molar-refractivity contribution < 1.29 is 9.59 Å². The van der Waals surface area contributed by atoms with Crippen LogP contribution in [0.1, 0.15) is 35.7 Å². The molecule has 24 heavy (non-hydrogen) atoms. The van der Waals surface area contributed by atoms with Gasteiger partial charge in [-0.3, -0.25) is 9.59 Å². The number of amides is 2. The number of carbonyl (C=O) groups is 2. The van der Waals surface area contributed by atoms with E-state index in [1.807, 2.05) is 62.4 Å². The van der Waals surface area contributed by atoms with Gasteiger partial charge in [-0.05, 0) is 62.2 Å². The first-order chi connectivity index (χ1) is 11.6. The second-order valence-corrected chi connectivity index (χ2v) is 6.08. The first-order valence-corrected chi connectivity index (χ1v) is 8.39. The fraction of sp³-hybridized carbons (Fsp3) is 0.300. The number of anilines is 2. The number of hydrogen-bond donors (Lipinski definition) is 0.